The lowest BCUT2D eigenvalue weighted by atomic mass is 10.3. The molecule has 0 saturated heterocycles. The summed E-state index contributed by atoms with van der Waals surface area (Å²) in [6.45, 7) is 6.25. The Morgan fingerprint density at radius 2 is 2.25 bits per heavy atom. The molecule has 0 aliphatic rings. The zero-order valence-electron chi connectivity index (χ0n) is 10.1. The molecule has 1 amide bonds. The van der Waals surface area contributed by atoms with Crippen molar-refractivity contribution in [3.8, 4) is 0 Å². The molecule has 0 radical (unpaired) electrons. The van der Waals surface area contributed by atoms with E-state index in [1.54, 1.807) is 0 Å². The summed E-state index contributed by atoms with van der Waals surface area (Å²) in [5, 5.41) is 3.48. The van der Waals surface area contributed by atoms with Crippen molar-refractivity contribution in [2.24, 2.45) is 0 Å². The summed E-state index contributed by atoms with van der Waals surface area (Å²) in [6.07, 6.45) is 1.67. The van der Waals surface area contributed by atoms with Gasteiger partial charge in [-0.2, -0.15) is 0 Å². The average Bonchev–Trinajstić information content (AvgIpc) is 2.29. The summed E-state index contributed by atoms with van der Waals surface area (Å²) in [5.41, 5.74) is 0.889. The second kappa shape index (κ2) is 6.59. The van der Waals surface area contributed by atoms with Crippen LogP contribution in [0.4, 0.5) is 5.69 Å². The second-order valence-electron chi connectivity index (χ2n) is 3.77. The average molecular weight is 239 g/mol. The monoisotopic (exact) mass is 239 g/mol. The van der Waals surface area contributed by atoms with Gasteiger partial charge in [0.15, 0.2) is 0 Å². The molecule has 0 saturated carbocycles. The van der Waals surface area contributed by atoms with Crippen LogP contribution in [0.2, 0.25) is 0 Å². The van der Waals surface area contributed by atoms with Crippen LogP contribution in [0, 0.1) is 0 Å². The highest BCUT2D eigenvalue weighted by Gasteiger charge is 2.03. The molecular formula is C13H21NOS. The molecule has 0 aliphatic heterocycles. The highest BCUT2D eigenvalue weighted by atomic mass is 32.2. The molecule has 90 valence electrons. The van der Waals surface area contributed by atoms with Gasteiger partial charge in [-0.3, -0.25) is 4.79 Å². The van der Waals surface area contributed by atoms with E-state index in [0.717, 1.165) is 12.1 Å². The maximum atomic E-state index is 11.3. The fourth-order valence-corrected chi connectivity index (χ4v) is 2.20. The van der Waals surface area contributed by atoms with Crippen LogP contribution >= 0.6 is 11.8 Å². The lowest BCUT2D eigenvalue weighted by Gasteiger charge is -2.10. The van der Waals surface area contributed by atoms with E-state index in [1.807, 2.05) is 36.9 Å². The molecule has 0 heterocycles. The molecule has 0 aliphatic carbocycles. The van der Waals surface area contributed by atoms with Gasteiger partial charge in [0.2, 0.25) is 5.91 Å². The molecule has 16 heavy (non-hydrogen) atoms. The van der Waals surface area contributed by atoms with Crippen molar-refractivity contribution in [1.29, 1.82) is 0 Å². The Balaban J connectivity index is 0.00000256. The molecule has 1 rings (SSSR count). The van der Waals surface area contributed by atoms with Crippen molar-refractivity contribution in [3.05, 3.63) is 24.3 Å². The molecule has 1 aromatic carbocycles. The van der Waals surface area contributed by atoms with E-state index in [0.29, 0.717) is 11.7 Å². The quantitative estimate of drug-likeness (QED) is 0.781. The molecule has 0 fully saturated rings. The Bertz CT molecular complexity index is 357. The molecule has 0 aromatic heterocycles. The Labute approximate surface area is 103 Å². The lowest BCUT2D eigenvalue weighted by Crippen LogP contribution is -2.09. The first kappa shape index (κ1) is 13.1. The summed E-state index contributed by atoms with van der Waals surface area (Å²) in [7, 11) is 0. The van der Waals surface area contributed by atoms with E-state index >= 15 is 0 Å². The number of rotatable bonds is 5. The van der Waals surface area contributed by atoms with Crippen LogP contribution in [-0.2, 0) is 4.79 Å². The zero-order chi connectivity index (χ0) is 12.0. The predicted octanol–water partition coefficient (Wildman–Crippen LogP) is 4.17. The molecule has 1 N–H and O–H groups in total. The maximum Gasteiger partial charge on any atom is 0.224 e. The van der Waals surface area contributed by atoms with E-state index in [9.17, 15) is 4.79 Å². The van der Waals surface area contributed by atoms with Gasteiger partial charge in [0.25, 0.3) is 0 Å². The van der Waals surface area contributed by atoms with Gasteiger partial charge in [-0.15, -0.1) is 11.8 Å². The van der Waals surface area contributed by atoms with Crippen molar-refractivity contribution in [1.82, 2.24) is 0 Å². The van der Waals surface area contributed by atoms with Gasteiger partial charge >= 0.3 is 0 Å². The number of amides is 1. The Morgan fingerprint density at radius 1 is 1.50 bits per heavy atom. The Morgan fingerprint density at radius 3 is 2.88 bits per heavy atom. The minimum atomic E-state index is 0. The van der Waals surface area contributed by atoms with Gasteiger partial charge in [-0.25, -0.2) is 0 Å². The SMILES string of the molecule is CCC(=O)Nc1cccc(SC(C)CC)c1.[HH]. The third kappa shape index (κ3) is 4.27. The van der Waals surface area contributed by atoms with Crippen LogP contribution in [0.3, 0.4) is 0 Å². The van der Waals surface area contributed by atoms with Crippen LogP contribution < -0.4 is 5.32 Å². The van der Waals surface area contributed by atoms with Gasteiger partial charge in [0, 0.05) is 23.7 Å². The molecule has 1 unspecified atom stereocenters. The van der Waals surface area contributed by atoms with Gasteiger partial charge in [0.05, 0.1) is 0 Å². The summed E-state index contributed by atoms with van der Waals surface area (Å²) >= 11 is 1.84. The largest absolute Gasteiger partial charge is 0.326 e. The number of nitrogens with one attached hydrogen (secondary N) is 1. The molecule has 0 bridgehead atoms. The Hall–Kier alpha value is -0.960. The summed E-state index contributed by atoms with van der Waals surface area (Å²) in [4.78, 5) is 12.5. The molecule has 3 heteroatoms. The van der Waals surface area contributed by atoms with Crippen molar-refractivity contribution in [2.75, 3.05) is 5.32 Å². The predicted molar refractivity (Wildman–Crippen MR) is 73.1 cm³/mol. The molecule has 1 atom stereocenters. The van der Waals surface area contributed by atoms with Gasteiger partial charge < -0.3 is 5.32 Å². The summed E-state index contributed by atoms with van der Waals surface area (Å²) < 4.78 is 0. The smallest absolute Gasteiger partial charge is 0.224 e. The molecule has 0 spiro atoms. The first-order chi connectivity index (χ1) is 7.65. The van der Waals surface area contributed by atoms with Gasteiger partial charge in [0.1, 0.15) is 0 Å². The number of carbonyl (C=O) groups excluding carboxylic acids is 1. The van der Waals surface area contributed by atoms with E-state index in [2.05, 4.69) is 25.2 Å². The zero-order valence-corrected chi connectivity index (χ0v) is 10.9. The standard InChI is InChI=1S/C13H19NOS.H2/c1-4-10(3)16-12-8-6-7-11(9-12)14-13(15)5-2;/h6-10H,4-5H2,1-3H3,(H,14,15);1H. The number of thioether (sulfide) groups is 1. The fraction of sp³-hybridized carbons (Fsp3) is 0.462. The summed E-state index contributed by atoms with van der Waals surface area (Å²) in [6, 6.07) is 8.02. The van der Waals surface area contributed by atoms with Crippen LogP contribution in [0.5, 0.6) is 0 Å². The van der Waals surface area contributed by atoms with Crippen LogP contribution in [0.15, 0.2) is 29.2 Å². The molecule has 1 aromatic rings. The number of anilines is 1. The highest BCUT2D eigenvalue weighted by molar-refractivity contribution is 7.99. The van der Waals surface area contributed by atoms with E-state index < -0.39 is 0 Å². The van der Waals surface area contributed by atoms with Crippen LogP contribution in [0.25, 0.3) is 0 Å². The Kier molecular flexibility index (Phi) is 5.39. The van der Waals surface area contributed by atoms with Gasteiger partial charge in [-0.1, -0.05) is 26.8 Å². The van der Waals surface area contributed by atoms with E-state index in [1.165, 1.54) is 4.90 Å². The van der Waals surface area contributed by atoms with Crippen LogP contribution in [-0.4, -0.2) is 11.2 Å². The third-order valence-electron chi connectivity index (χ3n) is 2.35. The van der Waals surface area contributed by atoms with Crippen molar-refractivity contribution in [2.45, 2.75) is 43.8 Å². The van der Waals surface area contributed by atoms with Crippen molar-refractivity contribution >= 4 is 23.4 Å². The lowest BCUT2D eigenvalue weighted by molar-refractivity contribution is -0.115. The maximum absolute atomic E-state index is 11.3. The number of benzene rings is 1. The number of hydrogen-bond donors (Lipinski definition) is 1. The normalized spacial score (nSPS) is 12.2. The molecular weight excluding hydrogens is 218 g/mol. The number of hydrogen-bond acceptors (Lipinski definition) is 2. The van der Waals surface area contributed by atoms with Crippen molar-refractivity contribution in [3.63, 3.8) is 0 Å². The van der Waals surface area contributed by atoms with Crippen molar-refractivity contribution < 1.29 is 6.22 Å². The minimum absolute atomic E-state index is 0. The fourth-order valence-electron chi connectivity index (χ4n) is 1.21. The third-order valence-corrected chi connectivity index (χ3v) is 3.61. The van der Waals surface area contributed by atoms with Gasteiger partial charge in [-0.05, 0) is 24.6 Å². The van der Waals surface area contributed by atoms with E-state index in [4.69, 9.17) is 0 Å². The highest BCUT2D eigenvalue weighted by Crippen LogP contribution is 2.27. The van der Waals surface area contributed by atoms with E-state index in [-0.39, 0.29) is 7.33 Å². The molecule has 2 nitrogen and oxygen atoms in total. The topological polar surface area (TPSA) is 29.1 Å². The minimum Gasteiger partial charge on any atom is -0.326 e. The van der Waals surface area contributed by atoms with Crippen LogP contribution in [0.1, 0.15) is 35.0 Å². The second-order valence-corrected chi connectivity index (χ2v) is 5.28. The first-order valence-corrected chi connectivity index (χ1v) is 6.60. The first-order valence-electron chi connectivity index (χ1n) is 5.72. The number of carbonyl (C=O) groups is 1. The summed E-state index contributed by atoms with van der Waals surface area (Å²) in [5.74, 6) is 0.0608.